The van der Waals surface area contributed by atoms with Gasteiger partial charge in [-0.25, -0.2) is 4.98 Å². The first-order valence-corrected chi connectivity index (χ1v) is 7.75. The third-order valence-electron chi connectivity index (χ3n) is 3.64. The molecule has 0 fully saturated rings. The lowest BCUT2D eigenvalue weighted by molar-refractivity contribution is 0.510. The highest BCUT2D eigenvalue weighted by Crippen LogP contribution is 2.07. The summed E-state index contributed by atoms with van der Waals surface area (Å²) in [6.07, 6.45) is 8.84. The molecule has 1 atom stereocenters. The zero-order chi connectivity index (χ0) is 14.9. The molecule has 0 spiro atoms. The molecular weight excluding hydrogens is 260 g/mol. The second kappa shape index (κ2) is 8.60. The van der Waals surface area contributed by atoms with Gasteiger partial charge in [-0.05, 0) is 50.4 Å². The van der Waals surface area contributed by atoms with Crippen molar-refractivity contribution >= 4 is 0 Å². The molecule has 1 unspecified atom stereocenters. The molecule has 0 bridgehead atoms. The molecule has 0 amide bonds. The summed E-state index contributed by atoms with van der Waals surface area (Å²) in [5.74, 6) is 0. The van der Waals surface area contributed by atoms with Gasteiger partial charge in [-0.3, -0.25) is 0 Å². The van der Waals surface area contributed by atoms with Crippen molar-refractivity contribution in [3.05, 3.63) is 54.1 Å². The molecule has 4 nitrogen and oxygen atoms in total. The molecule has 1 aromatic heterocycles. The van der Waals surface area contributed by atoms with Gasteiger partial charge in [0.15, 0.2) is 0 Å². The number of aromatic nitrogens is 2. The number of nitrogens with one attached hydrogen (secondary N) is 1. The molecule has 0 aliphatic carbocycles. The molecule has 114 valence electrons. The molecule has 0 saturated heterocycles. The highest BCUT2D eigenvalue weighted by atomic mass is 15.0. The Labute approximate surface area is 127 Å². The van der Waals surface area contributed by atoms with Gasteiger partial charge >= 0.3 is 0 Å². The van der Waals surface area contributed by atoms with Crippen LogP contribution < -0.4 is 11.1 Å². The average molecular weight is 286 g/mol. The summed E-state index contributed by atoms with van der Waals surface area (Å²) in [5, 5.41) is 3.58. The van der Waals surface area contributed by atoms with Crippen molar-refractivity contribution in [1.82, 2.24) is 14.9 Å². The topological polar surface area (TPSA) is 55.9 Å². The van der Waals surface area contributed by atoms with Crippen molar-refractivity contribution < 1.29 is 0 Å². The molecule has 1 aromatic carbocycles. The van der Waals surface area contributed by atoms with Crippen molar-refractivity contribution in [1.29, 1.82) is 0 Å². The van der Waals surface area contributed by atoms with Gasteiger partial charge in [0, 0.05) is 25.0 Å². The highest BCUT2D eigenvalue weighted by molar-refractivity contribution is 5.23. The fraction of sp³-hybridized carbons (Fsp3) is 0.471. The summed E-state index contributed by atoms with van der Waals surface area (Å²) >= 11 is 0. The van der Waals surface area contributed by atoms with Gasteiger partial charge in [-0.15, -0.1) is 0 Å². The summed E-state index contributed by atoms with van der Waals surface area (Å²) in [6, 6.07) is 9.30. The Morgan fingerprint density at radius 1 is 1.24 bits per heavy atom. The number of nitrogens with two attached hydrogens (primary N) is 1. The third-order valence-corrected chi connectivity index (χ3v) is 3.64. The van der Waals surface area contributed by atoms with Gasteiger partial charge < -0.3 is 15.6 Å². The number of benzene rings is 1. The highest BCUT2D eigenvalue weighted by Gasteiger charge is 2.03. The normalized spacial score (nSPS) is 12.5. The number of hydrogen-bond donors (Lipinski definition) is 2. The van der Waals surface area contributed by atoms with E-state index in [-0.39, 0.29) is 0 Å². The zero-order valence-corrected chi connectivity index (χ0v) is 12.8. The van der Waals surface area contributed by atoms with Gasteiger partial charge in [0.2, 0.25) is 0 Å². The maximum absolute atomic E-state index is 5.57. The molecule has 0 aliphatic rings. The van der Waals surface area contributed by atoms with Crippen LogP contribution in [0.15, 0.2) is 43.0 Å². The average Bonchev–Trinajstić information content (AvgIpc) is 2.99. The van der Waals surface area contributed by atoms with Crippen LogP contribution >= 0.6 is 0 Å². The van der Waals surface area contributed by atoms with E-state index in [4.69, 9.17) is 5.73 Å². The number of imidazole rings is 1. The largest absolute Gasteiger partial charge is 0.337 e. The van der Waals surface area contributed by atoms with Crippen molar-refractivity contribution in [2.45, 2.75) is 38.8 Å². The van der Waals surface area contributed by atoms with Crippen LogP contribution in [0.5, 0.6) is 0 Å². The maximum atomic E-state index is 5.57. The van der Waals surface area contributed by atoms with Crippen LogP contribution in [0.1, 0.15) is 24.5 Å². The molecule has 0 aliphatic heterocycles. The van der Waals surface area contributed by atoms with E-state index >= 15 is 0 Å². The van der Waals surface area contributed by atoms with E-state index in [1.165, 1.54) is 11.1 Å². The predicted octanol–water partition coefficient (Wildman–Crippen LogP) is 2.00. The van der Waals surface area contributed by atoms with Crippen LogP contribution in [-0.2, 0) is 19.4 Å². The van der Waals surface area contributed by atoms with Crippen LogP contribution in [0.3, 0.4) is 0 Å². The smallest absolute Gasteiger partial charge is 0.0945 e. The third kappa shape index (κ3) is 5.69. The standard InChI is InChI=1S/C17H26N4/c1-15(20-9-2-11-21-12-10-19-14-21)13-17-5-3-16(4-6-17)7-8-18/h3-6,10,12,14-15,20H,2,7-9,11,13,18H2,1H3. The molecular formula is C17H26N4. The number of aryl methyl sites for hydroxylation is 1. The monoisotopic (exact) mass is 286 g/mol. The quantitative estimate of drug-likeness (QED) is 0.693. The van der Waals surface area contributed by atoms with Crippen molar-refractivity contribution in [2.24, 2.45) is 5.73 Å². The second-order valence-electron chi connectivity index (χ2n) is 5.57. The lowest BCUT2D eigenvalue weighted by atomic mass is 10.0. The number of nitrogens with zero attached hydrogens (tertiary/aromatic N) is 2. The Hall–Kier alpha value is -1.65. The van der Waals surface area contributed by atoms with Crippen LogP contribution in [0.4, 0.5) is 0 Å². The number of hydrogen-bond acceptors (Lipinski definition) is 3. The number of rotatable bonds is 9. The fourth-order valence-corrected chi connectivity index (χ4v) is 2.46. The first kappa shape index (κ1) is 15.7. The van der Waals surface area contributed by atoms with Crippen molar-refractivity contribution in [2.75, 3.05) is 13.1 Å². The minimum absolute atomic E-state index is 0.494. The minimum Gasteiger partial charge on any atom is -0.337 e. The Morgan fingerprint density at radius 3 is 2.67 bits per heavy atom. The molecule has 0 radical (unpaired) electrons. The van der Waals surface area contributed by atoms with Gasteiger partial charge in [-0.2, -0.15) is 0 Å². The second-order valence-corrected chi connectivity index (χ2v) is 5.57. The van der Waals surface area contributed by atoms with Crippen LogP contribution in [0.2, 0.25) is 0 Å². The van der Waals surface area contributed by atoms with E-state index in [1.54, 1.807) is 0 Å². The SMILES string of the molecule is CC(Cc1ccc(CCN)cc1)NCCCn1ccnc1. The lowest BCUT2D eigenvalue weighted by Crippen LogP contribution is -2.29. The van der Waals surface area contributed by atoms with Gasteiger partial charge in [0.05, 0.1) is 6.33 Å². The van der Waals surface area contributed by atoms with Gasteiger partial charge in [0.1, 0.15) is 0 Å². The predicted molar refractivity (Wildman–Crippen MR) is 87.2 cm³/mol. The summed E-state index contributed by atoms with van der Waals surface area (Å²) < 4.78 is 2.11. The molecule has 3 N–H and O–H groups in total. The Bertz CT molecular complexity index is 490. The van der Waals surface area contributed by atoms with Crippen LogP contribution in [0, 0.1) is 0 Å². The Kier molecular flexibility index (Phi) is 6.44. The summed E-state index contributed by atoms with van der Waals surface area (Å²) in [5.41, 5.74) is 8.27. The van der Waals surface area contributed by atoms with E-state index in [0.29, 0.717) is 12.6 Å². The zero-order valence-electron chi connectivity index (χ0n) is 12.8. The lowest BCUT2D eigenvalue weighted by Gasteiger charge is -2.14. The molecule has 2 aromatic rings. The first-order valence-electron chi connectivity index (χ1n) is 7.75. The Morgan fingerprint density at radius 2 is 2.00 bits per heavy atom. The van der Waals surface area contributed by atoms with Gasteiger partial charge in [0.25, 0.3) is 0 Å². The van der Waals surface area contributed by atoms with E-state index in [1.807, 2.05) is 18.7 Å². The first-order chi connectivity index (χ1) is 10.3. The van der Waals surface area contributed by atoms with Crippen LogP contribution in [0.25, 0.3) is 0 Å². The molecule has 2 rings (SSSR count). The van der Waals surface area contributed by atoms with E-state index in [9.17, 15) is 0 Å². The summed E-state index contributed by atoms with van der Waals surface area (Å²) in [4.78, 5) is 4.05. The van der Waals surface area contributed by atoms with E-state index in [2.05, 4.69) is 46.1 Å². The van der Waals surface area contributed by atoms with Crippen molar-refractivity contribution in [3.8, 4) is 0 Å². The van der Waals surface area contributed by atoms with Gasteiger partial charge in [-0.1, -0.05) is 24.3 Å². The molecule has 4 heteroatoms. The van der Waals surface area contributed by atoms with Crippen LogP contribution in [-0.4, -0.2) is 28.7 Å². The molecule has 1 heterocycles. The van der Waals surface area contributed by atoms with Crippen molar-refractivity contribution in [3.63, 3.8) is 0 Å². The minimum atomic E-state index is 0.494. The summed E-state index contributed by atoms with van der Waals surface area (Å²) in [6.45, 7) is 5.01. The van der Waals surface area contributed by atoms with E-state index in [0.717, 1.165) is 32.4 Å². The fourth-order valence-electron chi connectivity index (χ4n) is 2.46. The maximum Gasteiger partial charge on any atom is 0.0945 e. The van der Waals surface area contributed by atoms with E-state index < -0.39 is 0 Å². The Balaban J connectivity index is 1.65. The molecule has 21 heavy (non-hydrogen) atoms. The molecule has 0 saturated carbocycles. The summed E-state index contributed by atoms with van der Waals surface area (Å²) in [7, 11) is 0.